The molecule has 112 valence electrons. The van der Waals surface area contributed by atoms with Crippen molar-refractivity contribution < 1.29 is 18.3 Å². The van der Waals surface area contributed by atoms with E-state index in [0.29, 0.717) is 17.1 Å². The van der Waals surface area contributed by atoms with Gasteiger partial charge in [-0.25, -0.2) is 8.42 Å². The molecule has 1 aromatic rings. The number of anilines is 1. The molecular formula is C13H18ClNO4S. The standard InChI is InChI=1S/C13H18ClNO4S/c1-2-8-20(18,19)9-7-15(10-13(16)17)12-5-3-11(14)4-6-12/h3-6H,2,7-10H2,1H3,(H,16,17). The van der Waals surface area contributed by atoms with Gasteiger partial charge in [-0.05, 0) is 30.7 Å². The van der Waals surface area contributed by atoms with Crippen LogP contribution in [0, 0.1) is 0 Å². The highest BCUT2D eigenvalue weighted by molar-refractivity contribution is 7.91. The Morgan fingerprint density at radius 2 is 1.85 bits per heavy atom. The lowest BCUT2D eigenvalue weighted by atomic mass is 10.3. The van der Waals surface area contributed by atoms with Crippen LogP contribution in [0.1, 0.15) is 13.3 Å². The first kappa shape index (κ1) is 16.8. The highest BCUT2D eigenvalue weighted by Gasteiger charge is 2.15. The number of benzene rings is 1. The fourth-order valence-electron chi connectivity index (χ4n) is 1.78. The normalized spacial score (nSPS) is 11.3. The molecule has 0 radical (unpaired) electrons. The molecule has 0 heterocycles. The summed E-state index contributed by atoms with van der Waals surface area (Å²) in [6, 6.07) is 6.65. The summed E-state index contributed by atoms with van der Waals surface area (Å²) in [5, 5.41) is 9.46. The molecule has 1 rings (SSSR count). The van der Waals surface area contributed by atoms with Gasteiger partial charge < -0.3 is 10.0 Å². The quantitative estimate of drug-likeness (QED) is 0.793. The van der Waals surface area contributed by atoms with Gasteiger partial charge in [-0.1, -0.05) is 18.5 Å². The van der Waals surface area contributed by atoms with E-state index in [9.17, 15) is 13.2 Å². The first-order chi connectivity index (χ1) is 9.34. The van der Waals surface area contributed by atoms with Crippen molar-refractivity contribution in [2.45, 2.75) is 13.3 Å². The van der Waals surface area contributed by atoms with Crippen molar-refractivity contribution in [1.82, 2.24) is 0 Å². The number of nitrogens with zero attached hydrogens (tertiary/aromatic N) is 1. The summed E-state index contributed by atoms with van der Waals surface area (Å²) in [7, 11) is -3.14. The molecule has 0 unspecified atom stereocenters. The third kappa shape index (κ3) is 5.79. The summed E-state index contributed by atoms with van der Waals surface area (Å²) < 4.78 is 23.4. The molecule has 0 saturated carbocycles. The van der Waals surface area contributed by atoms with Crippen LogP contribution in [0.3, 0.4) is 0 Å². The van der Waals surface area contributed by atoms with Crippen LogP contribution in [0.2, 0.25) is 5.02 Å². The second kappa shape index (κ2) is 7.50. The fraction of sp³-hybridized carbons (Fsp3) is 0.462. The number of sulfone groups is 1. The largest absolute Gasteiger partial charge is 0.480 e. The molecule has 1 N–H and O–H groups in total. The smallest absolute Gasteiger partial charge is 0.323 e. The number of rotatable bonds is 8. The number of carboxylic acids is 1. The fourth-order valence-corrected chi connectivity index (χ4v) is 3.23. The topological polar surface area (TPSA) is 74.7 Å². The predicted octanol–water partition coefficient (Wildman–Crippen LogP) is 2.06. The van der Waals surface area contributed by atoms with Crippen molar-refractivity contribution in [2.75, 3.05) is 29.5 Å². The zero-order valence-electron chi connectivity index (χ0n) is 11.3. The third-order valence-corrected chi connectivity index (χ3v) is 4.79. The van der Waals surface area contributed by atoms with Gasteiger partial charge in [0.05, 0.1) is 5.75 Å². The van der Waals surface area contributed by atoms with Gasteiger partial charge in [0.15, 0.2) is 9.84 Å². The van der Waals surface area contributed by atoms with E-state index in [4.69, 9.17) is 16.7 Å². The Balaban J connectivity index is 2.80. The molecule has 1 aromatic carbocycles. The minimum absolute atomic E-state index is 0.0588. The third-order valence-electron chi connectivity index (χ3n) is 2.71. The monoisotopic (exact) mass is 319 g/mol. The lowest BCUT2D eigenvalue weighted by Crippen LogP contribution is -2.34. The van der Waals surface area contributed by atoms with Crippen LogP contribution in [0.4, 0.5) is 5.69 Å². The van der Waals surface area contributed by atoms with E-state index >= 15 is 0 Å². The zero-order chi connectivity index (χ0) is 15.2. The van der Waals surface area contributed by atoms with Crippen molar-refractivity contribution in [3.05, 3.63) is 29.3 Å². The molecular weight excluding hydrogens is 302 g/mol. The first-order valence-corrected chi connectivity index (χ1v) is 8.46. The van der Waals surface area contributed by atoms with E-state index in [0.717, 1.165) is 0 Å². The molecule has 7 heteroatoms. The van der Waals surface area contributed by atoms with Gasteiger partial charge in [-0.3, -0.25) is 4.79 Å². The SMILES string of the molecule is CCCS(=O)(=O)CCN(CC(=O)O)c1ccc(Cl)cc1. The van der Waals surface area contributed by atoms with Crippen molar-refractivity contribution in [3.63, 3.8) is 0 Å². The van der Waals surface area contributed by atoms with Crippen molar-refractivity contribution in [1.29, 1.82) is 0 Å². The van der Waals surface area contributed by atoms with E-state index in [-0.39, 0.29) is 24.6 Å². The summed E-state index contributed by atoms with van der Waals surface area (Å²) in [5.74, 6) is -0.946. The van der Waals surface area contributed by atoms with Gasteiger partial charge >= 0.3 is 5.97 Å². The zero-order valence-corrected chi connectivity index (χ0v) is 12.8. The number of carbonyl (C=O) groups is 1. The van der Waals surface area contributed by atoms with Crippen LogP contribution < -0.4 is 4.90 Å². The summed E-state index contributed by atoms with van der Waals surface area (Å²) in [4.78, 5) is 12.4. The maximum absolute atomic E-state index is 11.7. The highest BCUT2D eigenvalue weighted by Crippen LogP contribution is 2.18. The Hall–Kier alpha value is -1.27. The van der Waals surface area contributed by atoms with E-state index < -0.39 is 15.8 Å². The van der Waals surface area contributed by atoms with Gasteiger partial charge in [0.2, 0.25) is 0 Å². The Morgan fingerprint density at radius 1 is 1.25 bits per heavy atom. The van der Waals surface area contributed by atoms with Gasteiger partial charge in [-0.2, -0.15) is 0 Å². The summed E-state index contributed by atoms with van der Waals surface area (Å²) in [6.45, 7) is 1.70. The molecule has 0 aliphatic carbocycles. The molecule has 0 amide bonds. The van der Waals surface area contributed by atoms with Crippen molar-refractivity contribution in [3.8, 4) is 0 Å². The van der Waals surface area contributed by atoms with E-state index in [1.807, 2.05) is 0 Å². The van der Waals surface area contributed by atoms with Crippen molar-refractivity contribution >= 4 is 33.1 Å². The van der Waals surface area contributed by atoms with Crippen LogP contribution in [-0.4, -0.2) is 44.1 Å². The van der Waals surface area contributed by atoms with Crippen LogP contribution in [0.25, 0.3) is 0 Å². The Kier molecular flexibility index (Phi) is 6.29. The minimum Gasteiger partial charge on any atom is -0.480 e. The first-order valence-electron chi connectivity index (χ1n) is 6.27. The maximum Gasteiger partial charge on any atom is 0.323 e. The van der Waals surface area contributed by atoms with Gasteiger partial charge in [0.1, 0.15) is 6.54 Å². The van der Waals surface area contributed by atoms with E-state index in [1.54, 1.807) is 31.2 Å². The Labute approximate surface area is 124 Å². The van der Waals surface area contributed by atoms with E-state index in [2.05, 4.69) is 0 Å². The molecule has 0 aliphatic rings. The number of hydrogen-bond acceptors (Lipinski definition) is 4. The average molecular weight is 320 g/mol. The lowest BCUT2D eigenvalue weighted by molar-refractivity contribution is -0.135. The summed E-state index contributed by atoms with van der Waals surface area (Å²) in [5.41, 5.74) is 0.642. The molecule has 0 aromatic heterocycles. The van der Waals surface area contributed by atoms with Gasteiger partial charge in [0.25, 0.3) is 0 Å². The second-order valence-electron chi connectivity index (χ2n) is 4.44. The molecule has 5 nitrogen and oxygen atoms in total. The predicted molar refractivity (Wildman–Crippen MR) is 80.2 cm³/mol. The summed E-state index contributed by atoms with van der Waals surface area (Å²) in [6.07, 6.45) is 0.558. The molecule has 0 aliphatic heterocycles. The number of hydrogen-bond donors (Lipinski definition) is 1. The number of carboxylic acid groups (broad SMARTS) is 1. The molecule has 0 saturated heterocycles. The lowest BCUT2D eigenvalue weighted by Gasteiger charge is -2.22. The summed E-state index contributed by atoms with van der Waals surface area (Å²) >= 11 is 5.78. The molecule has 0 atom stereocenters. The minimum atomic E-state index is -3.14. The average Bonchev–Trinajstić information content (AvgIpc) is 2.35. The Morgan fingerprint density at radius 3 is 2.35 bits per heavy atom. The molecule has 0 fully saturated rings. The van der Waals surface area contributed by atoms with Crippen LogP contribution in [0.5, 0.6) is 0 Å². The molecule has 0 bridgehead atoms. The van der Waals surface area contributed by atoms with Crippen molar-refractivity contribution in [2.24, 2.45) is 0 Å². The number of aliphatic carboxylic acids is 1. The maximum atomic E-state index is 11.7. The molecule has 0 spiro atoms. The number of halogens is 1. The highest BCUT2D eigenvalue weighted by atomic mass is 35.5. The Bertz CT molecular complexity index is 542. The van der Waals surface area contributed by atoms with E-state index in [1.165, 1.54) is 4.90 Å². The second-order valence-corrected chi connectivity index (χ2v) is 7.18. The molecule has 20 heavy (non-hydrogen) atoms. The van der Waals surface area contributed by atoms with Crippen LogP contribution >= 0.6 is 11.6 Å². The van der Waals surface area contributed by atoms with Gasteiger partial charge in [0, 0.05) is 23.0 Å². The van der Waals surface area contributed by atoms with Crippen LogP contribution in [-0.2, 0) is 14.6 Å². The van der Waals surface area contributed by atoms with Gasteiger partial charge in [-0.15, -0.1) is 0 Å². The van der Waals surface area contributed by atoms with Crippen LogP contribution in [0.15, 0.2) is 24.3 Å².